The molecule has 0 saturated carbocycles. The van der Waals surface area contributed by atoms with Crippen LogP contribution >= 0.6 is 0 Å². The van der Waals surface area contributed by atoms with Crippen molar-refractivity contribution in [3.05, 3.63) is 17.8 Å². The maximum atomic E-state index is 5.87. The van der Waals surface area contributed by atoms with Gasteiger partial charge in [-0.3, -0.25) is 0 Å². The Morgan fingerprint density at radius 3 is 2.81 bits per heavy atom. The predicted octanol–water partition coefficient (Wildman–Crippen LogP) is 3.35. The molecule has 0 saturated heterocycles. The van der Waals surface area contributed by atoms with E-state index >= 15 is 0 Å². The summed E-state index contributed by atoms with van der Waals surface area (Å²) in [6.07, 6.45) is 4.99. The van der Waals surface area contributed by atoms with Crippen molar-refractivity contribution < 1.29 is 0 Å². The van der Waals surface area contributed by atoms with Gasteiger partial charge in [0.15, 0.2) is 0 Å². The van der Waals surface area contributed by atoms with Crippen LogP contribution in [0.25, 0.3) is 0 Å². The highest BCUT2D eigenvalue weighted by atomic mass is 15.0. The van der Waals surface area contributed by atoms with Gasteiger partial charge in [0.25, 0.3) is 0 Å². The van der Waals surface area contributed by atoms with Gasteiger partial charge in [0.2, 0.25) is 0 Å². The van der Waals surface area contributed by atoms with E-state index in [1.165, 1.54) is 25.7 Å². The lowest BCUT2D eigenvalue weighted by Gasteiger charge is -2.16. The van der Waals surface area contributed by atoms with E-state index in [1.807, 2.05) is 19.1 Å². The number of hydrogen-bond donors (Lipinski definition) is 2. The Balaban J connectivity index is 2.48. The van der Waals surface area contributed by atoms with E-state index in [0.717, 1.165) is 17.2 Å². The van der Waals surface area contributed by atoms with E-state index in [4.69, 9.17) is 5.73 Å². The maximum Gasteiger partial charge on any atom is 0.149 e. The van der Waals surface area contributed by atoms with Crippen molar-refractivity contribution in [2.75, 3.05) is 11.1 Å². The van der Waals surface area contributed by atoms with Gasteiger partial charge < -0.3 is 11.1 Å². The molecule has 1 unspecified atom stereocenters. The molecular weight excluding hydrogens is 198 g/mol. The lowest BCUT2D eigenvalue weighted by atomic mass is 10.1. The molecule has 3 nitrogen and oxygen atoms in total. The molecule has 3 heteroatoms. The molecule has 0 radical (unpaired) electrons. The summed E-state index contributed by atoms with van der Waals surface area (Å²) in [4.78, 5) is 4.40. The summed E-state index contributed by atoms with van der Waals surface area (Å²) in [5.74, 6) is 0.823. The molecule has 1 rings (SSSR count). The smallest absolute Gasteiger partial charge is 0.149 e. The zero-order chi connectivity index (χ0) is 12.0. The number of hydrogen-bond acceptors (Lipinski definition) is 3. The second kappa shape index (κ2) is 6.36. The third-order valence-electron chi connectivity index (χ3n) is 2.69. The van der Waals surface area contributed by atoms with Crippen molar-refractivity contribution in [1.29, 1.82) is 0 Å². The highest BCUT2D eigenvalue weighted by Crippen LogP contribution is 2.17. The van der Waals surface area contributed by atoms with Gasteiger partial charge in [0.05, 0.1) is 5.69 Å². The van der Waals surface area contributed by atoms with Crippen LogP contribution in [0.1, 0.15) is 45.2 Å². The van der Waals surface area contributed by atoms with E-state index in [-0.39, 0.29) is 0 Å². The van der Waals surface area contributed by atoms with Crippen LogP contribution in [0, 0.1) is 6.92 Å². The van der Waals surface area contributed by atoms with Crippen LogP contribution in [-0.2, 0) is 0 Å². The highest BCUT2D eigenvalue weighted by molar-refractivity contribution is 5.61. The van der Waals surface area contributed by atoms with Crippen LogP contribution in [-0.4, -0.2) is 11.0 Å². The summed E-state index contributed by atoms with van der Waals surface area (Å²) in [5, 5.41) is 3.37. The van der Waals surface area contributed by atoms with Crippen LogP contribution in [0.15, 0.2) is 12.1 Å². The summed E-state index contributed by atoms with van der Waals surface area (Å²) >= 11 is 0. The minimum absolute atomic E-state index is 0.433. The Bertz CT molecular complexity index is 323. The molecule has 0 aromatic carbocycles. The first-order chi connectivity index (χ1) is 7.63. The lowest BCUT2D eigenvalue weighted by molar-refractivity contribution is 0.614. The fraction of sp³-hybridized carbons (Fsp3) is 0.615. The van der Waals surface area contributed by atoms with Gasteiger partial charge in [-0.2, -0.15) is 0 Å². The molecule has 16 heavy (non-hydrogen) atoms. The van der Waals surface area contributed by atoms with E-state index in [9.17, 15) is 0 Å². The summed E-state index contributed by atoms with van der Waals surface area (Å²) in [7, 11) is 0. The number of nitrogens with zero attached hydrogens (tertiary/aromatic N) is 1. The second-order valence-corrected chi connectivity index (χ2v) is 4.43. The topological polar surface area (TPSA) is 50.9 Å². The van der Waals surface area contributed by atoms with E-state index in [2.05, 4.69) is 24.1 Å². The van der Waals surface area contributed by atoms with Gasteiger partial charge in [-0.1, -0.05) is 26.2 Å². The molecule has 0 aliphatic heterocycles. The molecule has 1 atom stereocenters. The average Bonchev–Trinajstić information content (AvgIpc) is 2.24. The Hall–Kier alpha value is -1.25. The van der Waals surface area contributed by atoms with Crippen molar-refractivity contribution in [2.45, 2.75) is 52.5 Å². The summed E-state index contributed by atoms with van der Waals surface area (Å²) in [6.45, 7) is 6.38. The number of aromatic nitrogens is 1. The standard InChI is InChI=1S/C13H23N3/c1-4-5-6-7-10(2)15-13-12(14)9-8-11(3)16-13/h8-10H,4-7,14H2,1-3H3,(H,15,16). The number of nitrogens with one attached hydrogen (secondary N) is 1. The number of nitrogens with two attached hydrogens (primary N) is 1. The molecule has 0 spiro atoms. The fourth-order valence-corrected chi connectivity index (χ4v) is 1.69. The summed E-state index contributed by atoms with van der Waals surface area (Å²) in [5.41, 5.74) is 7.59. The SMILES string of the molecule is CCCCCC(C)Nc1nc(C)ccc1N. The average molecular weight is 221 g/mol. The van der Waals surface area contributed by atoms with Gasteiger partial charge >= 0.3 is 0 Å². The third kappa shape index (κ3) is 4.09. The van der Waals surface area contributed by atoms with Gasteiger partial charge in [0, 0.05) is 11.7 Å². The van der Waals surface area contributed by atoms with Crippen molar-refractivity contribution in [1.82, 2.24) is 4.98 Å². The predicted molar refractivity (Wildman–Crippen MR) is 70.6 cm³/mol. The van der Waals surface area contributed by atoms with E-state index in [0.29, 0.717) is 6.04 Å². The minimum Gasteiger partial charge on any atom is -0.396 e. The normalized spacial score (nSPS) is 12.4. The fourth-order valence-electron chi connectivity index (χ4n) is 1.69. The zero-order valence-corrected chi connectivity index (χ0v) is 10.6. The quantitative estimate of drug-likeness (QED) is 0.724. The van der Waals surface area contributed by atoms with Crippen molar-refractivity contribution in [3.63, 3.8) is 0 Å². The zero-order valence-electron chi connectivity index (χ0n) is 10.6. The molecule has 0 aliphatic rings. The number of aryl methyl sites for hydroxylation is 1. The molecule has 0 amide bonds. The van der Waals surface area contributed by atoms with Crippen LogP contribution in [0.5, 0.6) is 0 Å². The van der Waals surface area contributed by atoms with Gasteiger partial charge in [-0.05, 0) is 32.4 Å². The molecule has 1 aromatic rings. The molecule has 0 bridgehead atoms. The number of rotatable bonds is 6. The van der Waals surface area contributed by atoms with Crippen molar-refractivity contribution >= 4 is 11.5 Å². The summed E-state index contributed by atoms with van der Waals surface area (Å²) in [6, 6.07) is 4.27. The number of nitrogen functional groups attached to an aromatic ring is 1. The molecular formula is C13H23N3. The van der Waals surface area contributed by atoms with E-state index < -0.39 is 0 Å². The Kier molecular flexibility index (Phi) is 5.09. The molecule has 1 heterocycles. The van der Waals surface area contributed by atoms with Gasteiger partial charge in [-0.25, -0.2) is 4.98 Å². The molecule has 3 N–H and O–H groups in total. The van der Waals surface area contributed by atoms with Crippen LogP contribution < -0.4 is 11.1 Å². The van der Waals surface area contributed by atoms with Crippen LogP contribution in [0.2, 0.25) is 0 Å². The first kappa shape index (κ1) is 12.8. The number of unbranched alkanes of at least 4 members (excludes halogenated alkanes) is 2. The Labute approximate surface area is 98.5 Å². The Morgan fingerprint density at radius 1 is 1.38 bits per heavy atom. The summed E-state index contributed by atoms with van der Waals surface area (Å²) < 4.78 is 0. The largest absolute Gasteiger partial charge is 0.396 e. The molecule has 1 aromatic heterocycles. The monoisotopic (exact) mass is 221 g/mol. The lowest BCUT2D eigenvalue weighted by Crippen LogP contribution is -2.17. The third-order valence-corrected chi connectivity index (χ3v) is 2.69. The van der Waals surface area contributed by atoms with Crippen molar-refractivity contribution in [3.8, 4) is 0 Å². The van der Waals surface area contributed by atoms with Crippen LogP contribution in [0.3, 0.4) is 0 Å². The molecule has 90 valence electrons. The first-order valence-corrected chi connectivity index (χ1v) is 6.13. The van der Waals surface area contributed by atoms with Gasteiger partial charge in [-0.15, -0.1) is 0 Å². The first-order valence-electron chi connectivity index (χ1n) is 6.13. The Morgan fingerprint density at radius 2 is 2.12 bits per heavy atom. The highest BCUT2D eigenvalue weighted by Gasteiger charge is 2.05. The number of anilines is 2. The maximum absolute atomic E-state index is 5.87. The molecule has 0 fully saturated rings. The van der Waals surface area contributed by atoms with Crippen molar-refractivity contribution in [2.24, 2.45) is 0 Å². The van der Waals surface area contributed by atoms with Gasteiger partial charge in [0.1, 0.15) is 5.82 Å². The minimum atomic E-state index is 0.433. The second-order valence-electron chi connectivity index (χ2n) is 4.43. The number of pyridine rings is 1. The van der Waals surface area contributed by atoms with E-state index in [1.54, 1.807) is 0 Å². The van der Waals surface area contributed by atoms with Crippen LogP contribution in [0.4, 0.5) is 11.5 Å². The molecule has 0 aliphatic carbocycles.